The van der Waals surface area contributed by atoms with Crippen molar-refractivity contribution < 1.29 is 5.11 Å². The molecule has 0 unspecified atom stereocenters. The van der Waals surface area contributed by atoms with Gasteiger partial charge in [-0.3, -0.25) is 0 Å². The van der Waals surface area contributed by atoms with E-state index in [1.54, 1.807) is 0 Å². The molecule has 2 rings (SSSR count). The minimum Gasteiger partial charge on any atom is -0.396 e. The van der Waals surface area contributed by atoms with E-state index in [1.807, 2.05) is 12.4 Å². The Bertz CT molecular complexity index is 360. The maximum atomic E-state index is 9.13. The highest BCUT2D eigenvalue weighted by Gasteiger charge is 2.19. The number of rotatable bonds is 6. The van der Waals surface area contributed by atoms with Crippen molar-refractivity contribution in [2.45, 2.75) is 32.7 Å². The van der Waals surface area contributed by atoms with Gasteiger partial charge in [0.1, 0.15) is 0 Å². The fourth-order valence-electron chi connectivity index (χ4n) is 2.33. The summed E-state index contributed by atoms with van der Waals surface area (Å²) in [6.07, 6.45) is 7.00. The highest BCUT2D eigenvalue weighted by Crippen LogP contribution is 2.19. The molecule has 1 aliphatic rings. The number of piperidine rings is 1. The number of aromatic nitrogens is 2. The van der Waals surface area contributed by atoms with E-state index in [2.05, 4.69) is 27.1 Å². The average molecular weight is 264 g/mol. The fourth-order valence-corrected chi connectivity index (χ4v) is 2.33. The predicted octanol–water partition coefficient (Wildman–Crippen LogP) is 1.18. The number of hydrogen-bond donors (Lipinski definition) is 2. The SMILES string of the molecule is CCCNCc1cnc(N2CCC(CO)CC2)nc1. The van der Waals surface area contributed by atoms with E-state index in [0.29, 0.717) is 12.5 Å². The zero-order chi connectivity index (χ0) is 13.5. The van der Waals surface area contributed by atoms with Gasteiger partial charge >= 0.3 is 0 Å². The Morgan fingerprint density at radius 2 is 2.00 bits per heavy atom. The summed E-state index contributed by atoms with van der Waals surface area (Å²) in [7, 11) is 0. The summed E-state index contributed by atoms with van der Waals surface area (Å²) in [5.41, 5.74) is 1.13. The van der Waals surface area contributed by atoms with Crippen LogP contribution in [-0.4, -0.2) is 41.3 Å². The summed E-state index contributed by atoms with van der Waals surface area (Å²) >= 11 is 0. The van der Waals surface area contributed by atoms with Crippen LogP contribution in [0.25, 0.3) is 0 Å². The first-order chi connectivity index (χ1) is 9.33. The van der Waals surface area contributed by atoms with Crippen molar-refractivity contribution in [3.63, 3.8) is 0 Å². The molecule has 19 heavy (non-hydrogen) atoms. The molecule has 106 valence electrons. The van der Waals surface area contributed by atoms with Crippen LogP contribution in [-0.2, 0) is 6.54 Å². The molecule has 0 saturated carbocycles. The van der Waals surface area contributed by atoms with Crippen LogP contribution in [0.1, 0.15) is 31.7 Å². The molecule has 1 aromatic rings. The first-order valence-corrected chi connectivity index (χ1v) is 7.21. The van der Waals surface area contributed by atoms with Crippen molar-refractivity contribution in [3.05, 3.63) is 18.0 Å². The van der Waals surface area contributed by atoms with Gasteiger partial charge < -0.3 is 15.3 Å². The van der Waals surface area contributed by atoms with Crippen LogP contribution in [0.3, 0.4) is 0 Å². The summed E-state index contributed by atoms with van der Waals surface area (Å²) in [6, 6.07) is 0. The number of anilines is 1. The van der Waals surface area contributed by atoms with Gasteiger partial charge in [-0.25, -0.2) is 9.97 Å². The molecule has 5 nitrogen and oxygen atoms in total. The average Bonchev–Trinajstić information content (AvgIpc) is 2.48. The zero-order valence-electron chi connectivity index (χ0n) is 11.7. The van der Waals surface area contributed by atoms with E-state index in [1.165, 1.54) is 0 Å². The van der Waals surface area contributed by atoms with Gasteiger partial charge in [0.15, 0.2) is 0 Å². The second-order valence-electron chi connectivity index (χ2n) is 5.18. The molecule has 0 aliphatic carbocycles. The molecule has 1 fully saturated rings. The van der Waals surface area contributed by atoms with E-state index in [9.17, 15) is 0 Å². The minimum atomic E-state index is 0.302. The lowest BCUT2D eigenvalue weighted by atomic mass is 9.98. The summed E-state index contributed by atoms with van der Waals surface area (Å²) < 4.78 is 0. The Morgan fingerprint density at radius 3 is 2.58 bits per heavy atom. The normalized spacial score (nSPS) is 16.8. The van der Waals surface area contributed by atoms with Gasteiger partial charge in [0.05, 0.1) is 0 Å². The summed E-state index contributed by atoms with van der Waals surface area (Å²) in [4.78, 5) is 11.1. The molecular formula is C14H24N4O. The Morgan fingerprint density at radius 1 is 1.32 bits per heavy atom. The predicted molar refractivity (Wildman–Crippen MR) is 76.1 cm³/mol. The summed E-state index contributed by atoms with van der Waals surface area (Å²) in [6.45, 7) is 6.20. The second kappa shape index (κ2) is 7.40. The number of nitrogens with one attached hydrogen (secondary N) is 1. The third-order valence-electron chi connectivity index (χ3n) is 3.60. The van der Waals surface area contributed by atoms with E-state index >= 15 is 0 Å². The molecular weight excluding hydrogens is 240 g/mol. The lowest BCUT2D eigenvalue weighted by Crippen LogP contribution is -2.35. The van der Waals surface area contributed by atoms with E-state index in [4.69, 9.17) is 5.11 Å². The number of hydrogen-bond acceptors (Lipinski definition) is 5. The Balaban J connectivity index is 1.84. The molecule has 0 aromatic carbocycles. The van der Waals surface area contributed by atoms with Crippen LogP contribution in [0.15, 0.2) is 12.4 Å². The first-order valence-electron chi connectivity index (χ1n) is 7.21. The number of nitrogens with zero attached hydrogens (tertiary/aromatic N) is 3. The lowest BCUT2D eigenvalue weighted by Gasteiger charge is -2.31. The third kappa shape index (κ3) is 4.14. The standard InChI is InChI=1S/C14H24N4O/c1-2-5-15-8-13-9-16-14(17-10-13)18-6-3-12(11-19)4-7-18/h9-10,12,15,19H,2-8,11H2,1H3. The topological polar surface area (TPSA) is 61.3 Å². The first kappa shape index (κ1) is 14.2. The maximum Gasteiger partial charge on any atom is 0.225 e. The van der Waals surface area contributed by atoms with Gasteiger partial charge in [-0.1, -0.05) is 6.92 Å². The highest BCUT2D eigenvalue weighted by atomic mass is 16.3. The quantitative estimate of drug-likeness (QED) is 0.756. The molecule has 0 amide bonds. The van der Waals surface area contributed by atoms with Crippen LogP contribution in [0.4, 0.5) is 5.95 Å². The highest BCUT2D eigenvalue weighted by molar-refractivity contribution is 5.30. The number of aliphatic hydroxyl groups is 1. The van der Waals surface area contributed by atoms with Crippen molar-refractivity contribution in [2.24, 2.45) is 5.92 Å². The van der Waals surface area contributed by atoms with Crippen molar-refractivity contribution >= 4 is 5.95 Å². The summed E-state index contributed by atoms with van der Waals surface area (Å²) in [5, 5.41) is 12.5. The van der Waals surface area contributed by atoms with Crippen molar-refractivity contribution in [3.8, 4) is 0 Å². The molecule has 1 aliphatic heterocycles. The van der Waals surface area contributed by atoms with Gasteiger partial charge in [0.25, 0.3) is 0 Å². The smallest absolute Gasteiger partial charge is 0.225 e. The molecule has 1 saturated heterocycles. The van der Waals surface area contributed by atoms with E-state index < -0.39 is 0 Å². The van der Waals surface area contributed by atoms with E-state index in [0.717, 1.165) is 57.0 Å². The molecule has 1 aromatic heterocycles. The molecule has 2 N–H and O–H groups in total. The van der Waals surface area contributed by atoms with Crippen molar-refractivity contribution in [2.75, 3.05) is 31.1 Å². The van der Waals surface area contributed by atoms with Crippen LogP contribution in [0.2, 0.25) is 0 Å². The molecule has 5 heteroatoms. The maximum absolute atomic E-state index is 9.13. The van der Waals surface area contributed by atoms with Gasteiger partial charge in [-0.15, -0.1) is 0 Å². The van der Waals surface area contributed by atoms with Crippen LogP contribution in [0.5, 0.6) is 0 Å². The monoisotopic (exact) mass is 264 g/mol. The Hall–Kier alpha value is -1.20. The van der Waals surface area contributed by atoms with Crippen LogP contribution in [0, 0.1) is 5.92 Å². The van der Waals surface area contributed by atoms with Gasteiger partial charge in [0, 0.05) is 44.2 Å². The Kier molecular flexibility index (Phi) is 5.54. The summed E-state index contributed by atoms with van der Waals surface area (Å²) in [5.74, 6) is 1.27. The third-order valence-corrected chi connectivity index (χ3v) is 3.60. The molecule has 0 radical (unpaired) electrons. The van der Waals surface area contributed by atoms with Crippen LogP contribution >= 0.6 is 0 Å². The zero-order valence-corrected chi connectivity index (χ0v) is 11.7. The minimum absolute atomic E-state index is 0.302. The fraction of sp³-hybridized carbons (Fsp3) is 0.714. The molecule has 0 spiro atoms. The largest absolute Gasteiger partial charge is 0.396 e. The van der Waals surface area contributed by atoms with Gasteiger partial charge in [-0.05, 0) is 31.7 Å². The number of aliphatic hydroxyl groups excluding tert-OH is 1. The molecule has 2 heterocycles. The van der Waals surface area contributed by atoms with Gasteiger partial charge in [0.2, 0.25) is 5.95 Å². The molecule has 0 atom stereocenters. The van der Waals surface area contributed by atoms with Crippen molar-refractivity contribution in [1.82, 2.24) is 15.3 Å². The van der Waals surface area contributed by atoms with Gasteiger partial charge in [-0.2, -0.15) is 0 Å². The van der Waals surface area contributed by atoms with E-state index in [-0.39, 0.29) is 0 Å². The van der Waals surface area contributed by atoms with Crippen LogP contribution < -0.4 is 10.2 Å². The Labute approximate surface area is 115 Å². The van der Waals surface area contributed by atoms with Crippen molar-refractivity contribution in [1.29, 1.82) is 0 Å². The molecule has 0 bridgehead atoms. The lowest BCUT2D eigenvalue weighted by molar-refractivity contribution is 0.202. The second-order valence-corrected chi connectivity index (χ2v) is 5.18.